The van der Waals surface area contributed by atoms with Gasteiger partial charge in [-0.25, -0.2) is 4.98 Å². The molecule has 0 bridgehead atoms. The standard InChI is InChI=1S/C13H23N3/c1-10-5-7-16(8-6-10)9-13-14-11(2)12(3)15(13)4/h10H,5-9H2,1-4H3. The highest BCUT2D eigenvalue weighted by Gasteiger charge is 2.18. The lowest BCUT2D eigenvalue weighted by Gasteiger charge is -2.29. The highest BCUT2D eigenvalue weighted by molar-refractivity contribution is 5.13. The number of hydrogen-bond donors (Lipinski definition) is 0. The highest BCUT2D eigenvalue weighted by atomic mass is 15.2. The molecule has 0 atom stereocenters. The van der Waals surface area contributed by atoms with Crippen molar-refractivity contribution >= 4 is 0 Å². The van der Waals surface area contributed by atoms with E-state index in [4.69, 9.17) is 0 Å². The van der Waals surface area contributed by atoms with Gasteiger partial charge >= 0.3 is 0 Å². The molecule has 0 aliphatic carbocycles. The van der Waals surface area contributed by atoms with Gasteiger partial charge in [-0.3, -0.25) is 4.90 Å². The summed E-state index contributed by atoms with van der Waals surface area (Å²) >= 11 is 0. The van der Waals surface area contributed by atoms with Gasteiger partial charge in [0.2, 0.25) is 0 Å². The first-order valence-corrected chi connectivity index (χ1v) is 6.29. The minimum absolute atomic E-state index is 0.904. The van der Waals surface area contributed by atoms with E-state index in [0.717, 1.165) is 12.5 Å². The van der Waals surface area contributed by atoms with E-state index in [1.54, 1.807) is 0 Å². The average Bonchev–Trinajstić information content (AvgIpc) is 2.50. The molecule has 16 heavy (non-hydrogen) atoms. The summed E-state index contributed by atoms with van der Waals surface area (Å²) in [4.78, 5) is 7.17. The molecule has 90 valence electrons. The molecule has 2 rings (SSSR count). The van der Waals surface area contributed by atoms with Crippen LogP contribution < -0.4 is 0 Å². The smallest absolute Gasteiger partial charge is 0.123 e. The molecule has 3 nitrogen and oxygen atoms in total. The quantitative estimate of drug-likeness (QED) is 0.764. The van der Waals surface area contributed by atoms with E-state index < -0.39 is 0 Å². The van der Waals surface area contributed by atoms with Crippen molar-refractivity contribution in [2.24, 2.45) is 13.0 Å². The van der Waals surface area contributed by atoms with Gasteiger partial charge in [-0.05, 0) is 45.7 Å². The molecule has 1 fully saturated rings. The summed E-state index contributed by atoms with van der Waals surface area (Å²) < 4.78 is 2.23. The van der Waals surface area contributed by atoms with Crippen LogP contribution >= 0.6 is 0 Å². The minimum atomic E-state index is 0.904. The van der Waals surface area contributed by atoms with Crippen LogP contribution in [-0.4, -0.2) is 27.5 Å². The summed E-state index contributed by atoms with van der Waals surface area (Å²) in [6.07, 6.45) is 2.67. The fourth-order valence-electron chi connectivity index (χ4n) is 2.35. The number of rotatable bonds is 2. The molecule has 0 spiro atoms. The fourth-order valence-corrected chi connectivity index (χ4v) is 2.35. The lowest BCUT2D eigenvalue weighted by molar-refractivity contribution is 0.180. The molecule has 0 aromatic carbocycles. The number of piperidine rings is 1. The van der Waals surface area contributed by atoms with Gasteiger partial charge < -0.3 is 4.57 Å². The molecule has 0 unspecified atom stereocenters. The molecule has 1 aromatic heterocycles. The fraction of sp³-hybridized carbons (Fsp3) is 0.769. The Kier molecular flexibility index (Phi) is 3.33. The monoisotopic (exact) mass is 221 g/mol. The third kappa shape index (κ3) is 2.29. The Morgan fingerprint density at radius 3 is 2.38 bits per heavy atom. The van der Waals surface area contributed by atoms with Crippen molar-refractivity contribution in [2.75, 3.05) is 13.1 Å². The van der Waals surface area contributed by atoms with Crippen LogP contribution in [0.3, 0.4) is 0 Å². The Bertz CT molecular complexity index is 359. The third-order valence-corrected chi connectivity index (χ3v) is 3.95. The molecule has 1 aromatic rings. The normalized spacial score (nSPS) is 19.2. The lowest BCUT2D eigenvalue weighted by atomic mass is 9.99. The molecule has 1 aliphatic rings. The number of imidazole rings is 1. The van der Waals surface area contributed by atoms with E-state index in [1.165, 1.54) is 43.1 Å². The second-order valence-electron chi connectivity index (χ2n) is 5.22. The van der Waals surface area contributed by atoms with Gasteiger partial charge in [-0.1, -0.05) is 6.92 Å². The SMILES string of the molecule is Cc1nc(CN2CCC(C)CC2)n(C)c1C. The van der Waals surface area contributed by atoms with Crippen molar-refractivity contribution in [3.05, 3.63) is 17.2 Å². The van der Waals surface area contributed by atoms with Crippen LogP contribution in [0.5, 0.6) is 0 Å². The van der Waals surface area contributed by atoms with E-state index in [1.807, 2.05) is 0 Å². The molecule has 0 N–H and O–H groups in total. The Hall–Kier alpha value is -0.830. The predicted molar refractivity (Wildman–Crippen MR) is 66.4 cm³/mol. The van der Waals surface area contributed by atoms with Gasteiger partial charge in [-0.15, -0.1) is 0 Å². The molecule has 0 radical (unpaired) electrons. The van der Waals surface area contributed by atoms with Gasteiger partial charge in [0.15, 0.2) is 0 Å². The van der Waals surface area contributed by atoms with E-state index in [-0.39, 0.29) is 0 Å². The Labute approximate surface area is 98.5 Å². The number of nitrogens with zero attached hydrogens (tertiary/aromatic N) is 3. The summed E-state index contributed by atoms with van der Waals surface area (Å²) in [6.45, 7) is 10.1. The van der Waals surface area contributed by atoms with Crippen LogP contribution in [-0.2, 0) is 13.6 Å². The van der Waals surface area contributed by atoms with Crippen molar-refractivity contribution in [3.8, 4) is 0 Å². The van der Waals surface area contributed by atoms with Crippen molar-refractivity contribution < 1.29 is 0 Å². The second-order valence-corrected chi connectivity index (χ2v) is 5.22. The van der Waals surface area contributed by atoms with E-state index in [0.29, 0.717) is 0 Å². The van der Waals surface area contributed by atoms with Crippen LogP contribution in [0.25, 0.3) is 0 Å². The average molecular weight is 221 g/mol. The highest BCUT2D eigenvalue weighted by Crippen LogP contribution is 2.18. The Morgan fingerprint density at radius 2 is 1.88 bits per heavy atom. The van der Waals surface area contributed by atoms with Gasteiger partial charge in [0.1, 0.15) is 5.82 Å². The summed E-state index contributed by atoms with van der Waals surface area (Å²) in [5.41, 5.74) is 2.46. The lowest BCUT2D eigenvalue weighted by Crippen LogP contribution is -2.33. The van der Waals surface area contributed by atoms with Crippen molar-refractivity contribution in [1.82, 2.24) is 14.5 Å². The summed E-state index contributed by atoms with van der Waals surface area (Å²) in [5.74, 6) is 2.12. The molecule has 0 saturated carbocycles. The zero-order valence-electron chi connectivity index (χ0n) is 11.0. The van der Waals surface area contributed by atoms with Crippen molar-refractivity contribution in [1.29, 1.82) is 0 Å². The first kappa shape index (κ1) is 11.6. The van der Waals surface area contributed by atoms with Crippen LogP contribution in [0, 0.1) is 19.8 Å². The van der Waals surface area contributed by atoms with E-state index >= 15 is 0 Å². The molecule has 1 aliphatic heterocycles. The summed E-state index contributed by atoms with van der Waals surface area (Å²) in [5, 5.41) is 0. The maximum absolute atomic E-state index is 4.64. The maximum Gasteiger partial charge on any atom is 0.123 e. The topological polar surface area (TPSA) is 21.1 Å². The first-order valence-electron chi connectivity index (χ1n) is 6.29. The molecule has 3 heteroatoms. The molecular weight excluding hydrogens is 198 g/mol. The molecular formula is C13H23N3. The van der Waals surface area contributed by atoms with Gasteiger partial charge in [0.05, 0.1) is 12.2 Å². The Morgan fingerprint density at radius 1 is 1.25 bits per heavy atom. The minimum Gasteiger partial charge on any atom is -0.334 e. The van der Waals surface area contributed by atoms with Crippen LogP contribution in [0.15, 0.2) is 0 Å². The van der Waals surface area contributed by atoms with Crippen LogP contribution in [0.1, 0.15) is 37.0 Å². The van der Waals surface area contributed by atoms with E-state index in [9.17, 15) is 0 Å². The maximum atomic E-state index is 4.64. The predicted octanol–water partition coefficient (Wildman–Crippen LogP) is 2.27. The molecule has 0 amide bonds. The number of aryl methyl sites for hydroxylation is 1. The summed E-state index contributed by atoms with van der Waals surface area (Å²) in [7, 11) is 2.12. The number of aromatic nitrogens is 2. The third-order valence-electron chi connectivity index (χ3n) is 3.95. The van der Waals surface area contributed by atoms with Crippen LogP contribution in [0.2, 0.25) is 0 Å². The molecule has 2 heterocycles. The van der Waals surface area contributed by atoms with Crippen molar-refractivity contribution in [3.63, 3.8) is 0 Å². The Balaban J connectivity index is 2.01. The van der Waals surface area contributed by atoms with Gasteiger partial charge in [0.25, 0.3) is 0 Å². The zero-order chi connectivity index (χ0) is 11.7. The molecule has 1 saturated heterocycles. The van der Waals surface area contributed by atoms with Crippen molar-refractivity contribution in [2.45, 2.75) is 40.2 Å². The van der Waals surface area contributed by atoms with Gasteiger partial charge in [-0.2, -0.15) is 0 Å². The number of hydrogen-bond acceptors (Lipinski definition) is 2. The largest absolute Gasteiger partial charge is 0.334 e. The van der Waals surface area contributed by atoms with Gasteiger partial charge in [0, 0.05) is 12.7 Å². The second kappa shape index (κ2) is 4.58. The van der Waals surface area contributed by atoms with E-state index in [2.05, 4.69) is 42.3 Å². The van der Waals surface area contributed by atoms with Crippen LogP contribution in [0.4, 0.5) is 0 Å². The number of likely N-dealkylation sites (tertiary alicyclic amines) is 1. The first-order chi connectivity index (χ1) is 7.58. The zero-order valence-corrected chi connectivity index (χ0v) is 11.0. The summed E-state index contributed by atoms with van der Waals surface area (Å²) in [6, 6.07) is 0.